The van der Waals surface area contributed by atoms with E-state index in [9.17, 15) is 4.79 Å². The molecule has 0 radical (unpaired) electrons. The normalized spacial score (nSPS) is 29.8. The van der Waals surface area contributed by atoms with E-state index >= 15 is 0 Å². The molecule has 0 bridgehead atoms. The zero-order chi connectivity index (χ0) is 12.1. The number of Topliss-reactive ketones (excluding diaryl/α,β-unsaturated/α-hetero) is 1. The Balaban J connectivity index is 1.88. The van der Waals surface area contributed by atoms with Crippen LogP contribution in [0.15, 0.2) is 18.2 Å². The van der Waals surface area contributed by atoms with Gasteiger partial charge in [-0.05, 0) is 23.5 Å². The molecule has 1 fully saturated rings. The summed E-state index contributed by atoms with van der Waals surface area (Å²) in [5, 5.41) is 3.47. The smallest absolute Gasteiger partial charge is 0.138 e. The maximum atomic E-state index is 12.0. The number of anilines is 1. The summed E-state index contributed by atoms with van der Waals surface area (Å²) >= 11 is 0. The summed E-state index contributed by atoms with van der Waals surface area (Å²) in [6.45, 7) is 3.94. The van der Waals surface area contributed by atoms with Crippen molar-refractivity contribution in [3.63, 3.8) is 0 Å². The Morgan fingerprint density at radius 1 is 1.28 bits per heavy atom. The van der Waals surface area contributed by atoms with Gasteiger partial charge < -0.3 is 10.2 Å². The zero-order valence-electron chi connectivity index (χ0n) is 10.5. The van der Waals surface area contributed by atoms with Gasteiger partial charge in [0, 0.05) is 44.2 Å². The predicted octanol–water partition coefficient (Wildman–Crippen LogP) is 1.67. The molecular formula is C15H18N2O. The van der Waals surface area contributed by atoms with Crippen LogP contribution >= 0.6 is 0 Å². The molecule has 1 N–H and O–H groups in total. The van der Waals surface area contributed by atoms with E-state index in [0.717, 1.165) is 39.0 Å². The average molecular weight is 242 g/mol. The molecule has 2 aliphatic heterocycles. The van der Waals surface area contributed by atoms with Gasteiger partial charge in [-0.25, -0.2) is 0 Å². The van der Waals surface area contributed by atoms with Gasteiger partial charge in [-0.15, -0.1) is 0 Å². The summed E-state index contributed by atoms with van der Waals surface area (Å²) in [7, 11) is 0. The van der Waals surface area contributed by atoms with Gasteiger partial charge in [0.15, 0.2) is 0 Å². The molecule has 18 heavy (non-hydrogen) atoms. The van der Waals surface area contributed by atoms with Gasteiger partial charge >= 0.3 is 0 Å². The zero-order valence-corrected chi connectivity index (χ0v) is 10.5. The number of benzene rings is 1. The van der Waals surface area contributed by atoms with Crippen molar-refractivity contribution in [1.29, 1.82) is 0 Å². The molecule has 4 rings (SSSR count). The van der Waals surface area contributed by atoms with Crippen LogP contribution in [-0.2, 0) is 11.3 Å². The highest BCUT2D eigenvalue weighted by Crippen LogP contribution is 2.47. The second-order valence-corrected chi connectivity index (χ2v) is 5.70. The van der Waals surface area contributed by atoms with Gasteiger partial charge in [-0.1, -0.05) is 18.2 Å². The first-order chi connectivity index (χ1) is 8.84. The van der Waals surface area contributed by atoms with Crippen LogP contribution in [0.5, 0.6) is 0 Å². The second-order valence-electron chi connectivity index (χ2n) is 5.70. The molecule has 2 heterocycles. The Morgan fingerprint density at radius 3 is 3.17 bits per heavy atom. The van der Waals surface area contributed by atoms with E-state index in [0.29, 0.717) is 11.7 Å². The van der Waals surface area contributed by atoms with E-state index in [1.54, 1.807) is 0 Å². The topological polar surface area (TPSA) is 32.3 Å². The molecule has 0 saturated heterocycles. The highest BCUT2D eigenvalue weighted by atomic mass is 16.1. The van der Waals surface area contributed by atoms with Gasteiger partial charge in [0.2, 0.25) is 0 Å². The Hall–Kier alpha value is -1.35. The fraction of sp³-hybridized carbons (Fsp3) is 0.533. The van der Waals surface area contributed by atoms with Crippen molar-refractivity contribution in [2.45, 2.75) is 25.3 Å². The SMILES string of the molecule is O=C1CCC2c3cccc4c3N(CCNC4)CC12. The van der Waals surface area contributed by atoms with Gasteiger partial charge in [0.05, 0.1) is 0 Å². The Labute approximate surface area is 107 Å². The number of hydrogen-bond acceptors (Lipinski definition) is 3. The van der Waals surface area contributed by atoms with Crippen molar-refractivity contribution in [2.24, 2.45) is 5.92 Å². The van der Waals surface area contributed by atoms with Crippen molar-refractivity contribution in [2.75, 3.05) is 24.5 Å². The van der Waals surface area contributed by atoms with Gasteiger partial charge in [0.1, 0.15) is 5.78 Å². The molecular weight excluding hydrogens is 224 g/mol. The predicted molar refractivity (Wildman–Crippen MR) is 70.8 cm³/mol. The quantitative estimate of drug-likeness (QED) is 0.751. The summed E-state index contributed by atoms with van der Waals surface area (Å²) in [4.78, 5) is 14.5. The number of para-hydroxylation sites is 1. The average Bonchev–Trinajstić information content (AvgIpc) is 2.64. The molecule has 2 unspecified atom stereocenters. The van der Waals surface area contributed by atoms with Gasteiger partial charge in [0.25, 0.3) is 0 Å². The summed E-state index contributed by atoms with van der Waals surface area (Å²) in [6, 6.07) is 6.62. The molecule has 1 aromatic rings. The lowest BCUT2D eigenvalue weighted by Crippen LogP contribution is -2.40. The fourth-order valence-electron chi connectivity index (χ4n) is 3.92. The molecule has 1 aliphatic carbocycles. The third kappa shape index (κ3) is 1.37. The lowest BCUT2D eigenvalue weighted by atomic mass is 9.82. The number of carbonyl (C=O) groups is 1. The van der Waals surface area contributed by atoms with E-state index in [2.05, 4.69) is 28.4 Å². The van der Waals surface area contributed by atoms with Crippen LogP contribution in [0.4, 0.5) is 5.69 Å². The van der Waals surface area contributed by atoms with Crippen LogP contribution in [0.2, 0.25) is 0 Å². The molecule has 2 atom stereocenters. The minimum absolute atomic E-state index is 0.255. The Kier molecular flexibility index (Phi) is 2.24. The van der Waals surface area contributed by atoms with Crippen molar-refractivity contribution in [1.82, 2.24) is 5.32 Å². The maximum absolute atomic E-state index is 12.0. The number of nitrogens with one attached hydrogen (secondary N) is 1. The molecule has 3 heteroatoms. The number of rotatable bonds is 0. The molecule has 0 spiro atoms. The van der Waals surface area contributed by atoms with Crippen LogP contribution in [0.1, 0.15) is 29.9 Å². The van der Waals surface area contributed by atoms with Crippen molar-refractivity contribution < 1.29 is 4.79 Å². The van der Waals surface area contributed by atoms with Gasteiger partial charge in [-0.3, -0.25) is 4.79 Å². The van der Waals surface area contributed by atoms with Crippen LogP contribution in [0.3, 0.4) is 0 Å². The third-order valence-electron chi connectivity index (χ3n) is 4.76. The van der Waals surface area contributed by atoms with Crippen LogP contribution in [0, 0.1) is 5.92 Å². The lowest BCUT2D eigenvalue weighted by molar-refractivity contribution is -0.120. The molecule has 0 aromatic heterocycles. The van der Waals surface area contributed by atoms with Crippen LogP contribution in [0.25, 0.3) is 0 Å². The number of hydrogen-bond donors (Lipinski definition) is 1. The molecule has 94 valence electrons. The number of ketones is 1. The minimum atomic E-state index is 0.255. The standard InChI is InChI=1S/C15H18N2O/c18-14-5-4-11-12-3-1-2-10-8-16-6-7-17(15(10)12)9-13(11)14/h1-3,11,13,16H,4-9H2. The Bertz CT molecular complexity index is 511. The second kappa shape index (κ2) is 3.82. The van der Waals surface area contributed by atoms with Crippen molar-refractivity contribution in [3.8, 4) is 0 Å². The molecule has 3 nitrogen and oxygen atoms in total. The fourth-order valence-corrected chi connectivity index (χ4v) is 3.92. The monoisotopic (exact) mass is 242 g/mol. The number of fused-ring (bicyclic) bond motifs is 2. The molecule has 1 saturated carbocycles. The summed E-state index contributed by atoms with van der Waals surface area (Å²) in [5.74, 6) is 1.22. The first kappa shape index (κ1) is 10.6. The van der Waals surface area contributed by atoms with Crippen LogP contribution < -0.4 is 10.2 Å². The number of nitrogens with zero attached hydrogens (tertiary/aromatic N) is 1. The minimum Gasteiger partial charge on any atom is -0.369 e. The largest absolute Gasteiger partial charge is 0.369 e. The van der Waals surface area contributed by atoms with E-state index in [-0.39, 0.29) is 5.92 Å². The van der Waals surface area contributed by atoms with Crippen LogP contribution in [-0.4, -0.2) is 25.4 Å². The third-order valence-corrected chi connectivity index (χ3v) is 4.76. The summed E-state index contributed by atoms with van der Waals surface area (Å²) < 4.78 is 0. The van der Waals surface area contributed by atoms with Gasteiger partial charge in [-0.2, -0.15) is 0 Å². The van der Waals surface area contributed by atoms with E-state index in [4.69, 9.17) is 0 Å². The summed E-state index contributed by atoms with van der Waals surface area (Å²) in [6.07, 6.45) is 1.84. The molecule has 1 aromatic carbocycles. The van der Waals surface area contributed by atoms with E-state index in [1.807, 2.05) is 0 Å². The first-order valence-corrected chi connectivity index (χ1v) is 6.95. The van der Waals surface area contributed by atoms with Crippen molar-refractivity contribution in [3.05, 3.63) is 29.3 Å². The Morgan fingerprint density at radius 2 is 2.22 bits per heavy atom. The van der Waals surface area contributed by atoms with E-state index < -0.39 is 0 Å². The summed E-state index contributed by atoms with van der Waals surface area (Å²) in [5.41, 5.74) is 4.26. The molecule has 0 amide bonds. The molecule has 3 aliphatic rings. The first-order valence-electron chi connectivity index (χ1n) is 6.95. The lowest BCUT2D eigenvalue weighted by Gasteiger charge is -2.38. The maximum Gasteiger partial charge on any atom is 0.138 e. The van der Waals surface area contributed by atoms with E-state index in [1.165, 1.54) is 16.8 Å². The van der Waals surface area contributed by atoms with Crippen molar-refractivity contribution >= 4 is 11.5 Å². The highest BCUT2D eigenvalue weighted by molar-refractivity contribution is 5.87. The number of carbonyl (C=O) groups excluding carboxylic acids is 1. The highest BCUT2D eigenvalue weighted by Gasteiger charge is 2.42.